The van der Waals surface area contributed by atoms with Gasteiger partial charge in [0.25, 0.3) is 11.8 Å². The molecule has 3 aromatic rings. The fourth-order valence-electron chi connectivity index (χ4n) is 2.39. The van der Waals surface area contributed by atoms with E-state index in [9.17, 15) is 14.7 Å². The largest absolute Gasteiger partial charge is 0.507 e. The van der Waals surface area contributed by atoms with Crippen molar-refractivity contribution in [1.82, 2.24) is 15.7 Å². The number of aromatic hydroxyl groups is 1. The number of hydrazone groups is 1. The fourth-order valence-corrected chi connectivity index (χ4v) is 2.39. The number of benzene rings is 2. The minimum absolute atomic E-state index is 0.0627. The van der Waals surface area contributed by atoms with Gasteiger partial charge in [-0.2, -0.15) is 5.10 Å². The van der Waals surface area contributed by atoms with E-state index >= 15 is 0 Å². The van der Waals surface area contributed by atoms with Crippen LogP contribution in [0.25, 0.3) is 10.8 Å². The first-order valence-corrected chi connectivity index (χ1v) is 7.86. The molecule has 3 N–H and O–H groups in total. The number of nitrogens with zero attached hydrogens (tertiary/aromatic N) is 2. The zero-order valence-electron chi connectivity index (χ0n) is 13.7. The van der Waals surface area contributed by atoms with Crippen LogP contribution in [-0.2, 0) is 4.79 Å². The standard InChI is InChI=1S/C19H16N4O3/c24-17-6-5-13-3-1-2-4-15(13)16(17)11-22-23-18(25)12-21-19(26)14-7-9-20-10-8-14/h1-11,24H,12H2,(H,21,26)(H,23,25). The van der Waals surface area contributed by atoms with Gasteiger partial charge in [0, 0.05) is 23.5 Å². The summed E-state index contributed by atoms with van der Waals surface area (Å²) in [5, 5.41) is 18.1. The Morgan fingerprint density at radius 1 is 1.08 bits per heavy atom. The Bertz CT molecular complexity index is 971. The first-order chi connectivity index (χ1) is 12.6. The van der Waals surface area contributed by atoms with Gasteiger partial charge in [-0.05, 0) is 29.0 Å². The summed E-state index contributed by atoms with van der Waals surface area (Å²) in [6, 6.07) is 14.0. The molecule has 0 aliphatic heterocycles. The average Bonchev–Trinajstić information content (AvgIpc) is 2.68. The van der Waals surface area contributed by atoms with E-state index in [1.807, 2.05) is 24.3 Å². The predicted octanol–water partition coefficient (Wildman–Crippen LogP) is 1.82. The maximum absolute atomic E-state index is 11.8. The number of rotatable bonds is 5. The van der Waals surface area contributed by atoms with E-state index in [0.29, 0.717) is 11.1 Å². The molecule has 7 heteroatoms. The quantitative estimate of drug-likeness (QED) is 0.483. The summed E-state index contributed by atoms with van der Waals surface area (Å²) in [6.45, 7) is -0.222. The minimum atomic E-state index is -0.483. The van der Waals surface area contributed by atoms with Crippen LogP contribution in [0.2, 0.25) is 0 Å². The number of phenolic OH excluding ortho intramolecular Hbond substituents is 1. The highest BCUT2D eigenvalue weighted by atomic mass is 16.3. The highest BCUT2D eigenvalue weighted by Crippen LogP contribution is 2.25. The number of amides is 2. The smallest absolute Gasteiger partial charge is 0.259 e. The second kappa shape index (κ2) is 7.89. The van der Waals surface area contributed by atoms with Gasteiger partial charge < -0.3 is 10.4 Å². The van der Waals surface area contributed by atoms with E-state index in [-0.39, 0.29) is 18.2 Å². The summed E-state index contributed by atoms with van der Waals surface area (Å²) in [4.78, 5) is 27.5. The Labute approximate surface area is 149 Å². The molecule has 0 atom stereocenters. The third-order valence-electron chi connectivity index (χ3n) is 3.68. The van der Waals surface area contributed by atoms with Gasteiger partial charge in [-0.1, -0.05) is 30.3 Å². The summed E-state index contributed by atoms with van der Waals surface area (Å²) in [6.07, 6.45) is 4.37. The highest BCUT2D eigenvalue weighted by Gasteiger charge is 2.07. The number of nitrogens with one attached hydrogen (secondary N) is 2. The van der Waals surface area contributed by atoms with Gasteiger partial charge in [-0.15, -0.1) is 0 Å². The van der Waals surface area contributed by atoms with Crippen molar-refractivity contribution in [2.24, 2.45) is 5.10 Å². The third-order valence-corrected chi connectivity index (χ3v) is 3.68. The van der Waals surface area contributed by atoms with E-state index < -0.39 is 5.91 Å². The lowest BCUT2D eigenvalue weighted by molar-refractivity contribution is -0.120. The van der Waals surface area contributed by atoms with Crippen molar-refractivity contribution in [3.8, 4) is 5.75 Å². The van der Waals surface area contributed by atoms with Crippen LogP contribution in [0.4, 0.5) is 0 Å². The molecule has 0 unspecified atom stereocenters. The third kappa shape index (κ3) is 4.02. The van der Waals surface area contributed by atoms with Crippen molar-refractivity contribution < 1.29 is 14.7 Å². The first-order valence-electron chi connectivity index (χ1n) is 7.86. The van der Waals surface area contributed by atoms with E-state index in [4.69, 9.17) is 0 Å². The lowest BCUT2D eigenvalue weighted by Gasteiger charge is -2.05. The fraction of sp³-hybridized carbons (Fsp3) is 0.0526. The van der Waals surface area contributed by atoms with Crippen LogP contribution >= 0.6 is 0 Å². The number of pyridine rings is 1. The molecule has 0 aliphatic carbocycles. The summed E-state index contributed by atoms with van der Waals surface area (Å²) in [5.41, 5.74) is 3.24. The van der Waals surface area contributed by atoms with Crippen molar-refractivity contribution in [2.75, 3.05) is 6.54 Å². The molecule has 26 heavy (non-hydrogen) atoms. The van der Waals surface area contributed by atoms with Gasteiger partial charge in [0.2, 0.25) is 0 Å². The molecule has 0 fully saturated rings. The van der Waals surface area contributed by atoms with Crippen molar-refractivity contribution in [3.63, 3.8) is 0 Å². The summed E-state index contributed by atoms with van der Waals surface area (Å²) in [5.74, 6) is -0.797. The van der Waals surface area contributed by atoms with Crippen molar-refractivity contribution in [3.05, 3.63) is 72.1 Å². The van der Waals surface area contributed by atoms with Gasteiger partial charge in [-0.3, -0.25) is 14.6 Å². The number of carbonyl (C=O) groups excluding carboxylic acids is 2. The summed E-state index contributed by atoms with van der Waals surface area (Å²) < 4.78 is 0. The topological polar surface area (TPSA) is 104 Å². The molecule has 0 aliphatic rings. The molecule has 1 heterocycles. The molecule has 3 rings (SSSR count). The number of aromatic nitrogens is 1. The molecule has 0 bridgehead atoms. The van der Waals surface area contributed by atoms with Crippen LogP contribution in [0.3, 0.4) is 0 Å². The zero-order valence-corrected chi connectivity index (χ0v) is 13.7. The molecule has 7 nitrogen and oxygen atoms in total. The number of phenols is 1. The van der Waals surface area contributed by atoms with Gasteiger partial charge in [0.15, 0.2) is 0 Å². The number of hydrogen-bond acceptors (Lipinski definition) is 5. The number of carbonyl (C=O) groups is 2. The van der Waals surface area contributed by atoms with Crippen molar-refractivity contribution in [1.29, 1.82) is 0 Å². The van der Waals surface area contributed by atoms with Gasteiger partial charge in [-0.25, -0.2) is 5.43 Å². The second-order valence-electron chi connectivity index (χ2n) is 5.43. The van der Waals surface area contributed by atoms with Gasteiger partial charge >= 0.3 is 0 Å². The SMILES string of the molecule is O=C(CNC(=O)c1ccncc1)NN=Cc1c(O)ccc2ccccc12. The molecule has 0 saturated carbocycles. The van der Waals surface area contributed by atoms with Crippen LogP contribution in [0.15, 0.2) is 66.0 Å². The van der Waals surface area contributed by atoms with Crippen LogP contribution in [-0.4, -0.2) is 34.7 Å². The summed E-state index contributed by atoms with van der Waals surface area (Å²) >= 11 is 0. The first kappa shape index (κ1) is 17.1. The van der Waals surface area contributed by atoms with Crippen LogP contribution in [0, 0.1) is 0 Å². The monoisotopic (exact) mass is 348 g/mol. The van der Waals surface area contributed by atoms with E-state index in [0.717, 1.165) is 10.8 Å². The Morgan fingerprint density at radius 2 is 1.85 bits per heavy atom. The predicted molar refractivity (Wildman–Crippen MR) is 97.9 cm³/mol. The summed E-state index contributed by atoms with van der Waals surface area (Å²) in [7, 11) is 0. The Morgan fingerprint density at radius 3 is 2.65 bits per heavy atom. The molecule has 0 radical (unpaired) electrons. The highest BCUT2D eigenvalue weighted by molar-refractivity contribution is 6.02. The molecule has 1 aromatic heterocycles. The molecule has 2 aromatic carbocycles. The minimum Gasteiger partial charge on any atom is -0.507 e. The second-order valence-corrected chi connectivity index (χ2v) is 5.43. The van der Waals surface area contributed by atoms with Gasteiger partial charge in [0.05, 0.1) is 12.8 Å². The molecular weight excluding hydrogens is 332 g/mol. The van der Waals surface area contributed by atoms with Crippen LogP contribution < -0.4 is 10.7 Å². The van der Waals surface area contributed by atoms with Gasteiger partial charge in [0.1, 0.15) is 5.75 Å². The van der Waals surface area contributed by atoms with E-state index in [1.165, 1.54) is 18.6 Å². The average molecular weight is 348 g/mol. The molecule has 2 amide bonds. The van der Waals surface area contributed by atoms with Crippen molar-refractivity contribution >= 4 is 28.8 Å². The number of hydrogen-bond donors (Lipinski definition) is 3. The maximum Gasteiger partial charge on any atom is 0.259 e. The zero-order chi connectivity index (χ0) is 18.4. The van der Waals surface area contributed by atoms with E-state index in [1.54, 1.807) is 24.3 Å². The van der Waals surface area contributed by atoms with E-state index in [2.05, 4.69) is 20.8 Å². The Balaban J connectivity index is 1.60. The normalized spacial score (nSPS) is 10.8. The molecule has 130 valence electrons. The molecule has 0 saturated heterocycles. The lowest BCUT2D eigenvalue weighted by Crippen LogP contribution is -2.34. The Kier molecular flexibility index (Phi) is 5.19. The van der Waals surface area contributed by atoms with Crippen LogP contribution in [0.5, 0.6) is 5.75 Å². The van der Waals surface area contributed by atoms with Crippen molar-refractivity contribution in [2.45, 2.75) is 0 Å². The maximum atomic E-state index is 11.8. The molecular formula is C19H16N4O3. The number of fused-ring (bicyclic) bond motifs is 1. The van der Waals surface area contributed by atoms with Crippen LogP contribution in [0.1, 0.15) is 15.9 Å². The lowest BCUT2D eigenvalue weighted by atomic mass is 10.0. The molecule has 0 spiro atoms. The Hall–Kier alpha value is -3.74.